The second kappa shape index (κ2) is 7.16. The van der Waals surface area contributed by atoms with Gasteiger partial charge in [-0.25, -0.2) is 8.42 Å². The first kappa shape index (κ1) is 19.2. The molecule has 0 spiro atoms. The minimum atomic E-state index is -4.59. The van der Waals surface area contributed by atoms with E-state index >= 15 is 0 Å². The van der Waals surface area contributed by atoms with Gasteiger partial charge in [-0.3, -0.25) is 4.79 Å². The molecule has 0 saturated heterocycles. The molecule has 0 radical (unpaired) electrons. The molecule has 2 atom stereocenters. The number of rotatable bonds is 7. The van der Waals surface area contributed by atoms with E-state index in [1.807, 2.05) is 4.72 Å². The highest BCUT2D eigenvalue weighted by atomic mass is 35.5. The molecule has 0 aromatic carbocycles. The van der Waals surface area contributed by atoms with Gasteiger partial charge in [-0.05, 0) is 18.1 Å². The number of hydrogen-bond donors (Lipinski definition) is 2. The summed E-state index contributed by atoms with van der Waals surface area (Å²) in [7, 11) is -4.26. The van der Waals surface area contributed by atoms with E-state index in [1.54, 1.807) is 0 Å². The molecule has 0 amide bonds. The Balaban J connectivity index is 3.03. The Labute approximate surface area is 134 Å². The highest BCUT2D eigenvalue weighted by Gasteiger charge is 2.39. The first-order valence-electron chi connectivity index (χ1n) is 6.03. The van der Waals surface area contributed by atoms with Crippen molar-refractivity contribution in [3.63, 3.8) is 0 Å². The lowest BCUT2D eigenvalue weighted by molar-refractivity contribution is -0.154. The summed E-state index contributed by atoms with van der Waals surface area (Å²) < 4.78 is 63.3. The first-order chi connectivity index (χ1) is 9.96. The minimum absolute atomic E-state index is 0.149. The summed E-state index contributed by atoms with van der Waals surface area (Å²) in [5.41, 5.74) is 0. The van der Waals surface area contributed by atoms with Gasteiger partial charge in [0.15, 0.2) is 0 Å². The minimum Gasteiger partial charge on any atom is -0.480 e. The van der Waals surface area contributed by atoms with Gasteiger partial charge in [0, 0.05) is 6.42 Å². The van der Waals surface area contributed by atoms with Crippen molar-refractivity contribution in [2.45, 2.75) is 36.2 Å². The van der Waals surface area contributed by atoms with Gasteiger partial charge in [0.1, 0.15) is 10.3 Å². The zero-order valence-corrected chi connectivity index (χ0v) is 13.6. The average molecular weight is 380 g/mol. The van der Waals surface area contributed by atoms with Crippen molar-refractivity contribution >= 4 is 38.9 Å². The Morgan fingerprint density at radius 3 is 2.41 bits per heavy atom. The van der Waals surface area contributed by atoms with E-state index in [1.165, 1.54) is 13.0 Å². The molecular weight excluding hydrogens is 367 g/mol. The molecule has 2 N–H and O–H groups in total. The van der Waals surface area contributed by atoms with Crippen LogP contribution in [0.2, 0.25) is 4.34 Å². The molecule has 1 heterocycles. The molecule has 0 saturated carbocycles. The Hall–Kier alpha value is -0.840. The fourth-order valence-corrected chi connectivity index (χ4v) is 4.57. The van der Waals surface area contributed by atoms with Crippen LogP contribution in [0.4, 0.5) is 13.2 Å². The number of nitrogens with one attached hydrogen (secondary N) is 1. The van der Waals surface area contributed by atoms with Crippen molar-refractivity contribution < 1.29 is 31.5 Å². The second-order valence-electron chi connectivity index (χ2n) is 4.48. The summed E-state index contributed by atoms with van der Waals surface area (Å²) in [6.45, 7) is 1.36. The summed E-state index contributed by atoms with van der Waals surface area (Å²) in [5, 5.41) is 9.07. The van der Waals surface area contributed by atoms with Crippen molar-refractivity contribution in [1.82, 2.24) is 4.72 Å². The fraction of sp³-hybridized carbons (Fsp3) is 0.545. The quantitative estimate of drug-likeness (QED) is 0.762. The summed E-state index contributed by atoms with van der Waals surface area (Å²) in [6.07, 6.45) is -6.13. The highest BCUT2D eigenvalue weighted by Crippen LogP contribution is 2.30. The number of aliphatic carboxylic acids is 1. The van der Waals surface area contributed by atoms with Gasteiger partial charge in [0.2, 0.25) is 0 Å². The summed E-state index contributed by atoms with van der Waals surface area (Å²) in [6, 6.07) is 0.570. The molecular formula is C11H13ClF3NO4S2. The van der Waals surface area contributed by atoms with Gasteiger partial charge >= 0.3 is 12.1 Å². The molecule has 0 fully saturated rings. The van der Waals surface area contributed by atoms with Gasteiger partial charge in [-0.15, -0.1) is 11.3 Å². The average Bonchev–Trinajstić information content (AvgIpc) is 2.79. The second-order valence-corrected chi connectivity index (χ2v) is 8.14. The summed E-state index contributed by atoms with van der Waals surface area (Å²) in [5.74, 6) is -3.08. The van der Waals surface area contributed by atoms with Gasteiger partial charge in [-0.2, -0.15) is 17.9 Å². The van der Waals surface area contributed by atoms with Crippen LogP contribution in [0.3, 0.4) is 0 Å². The van der Waals surface area contributed by atoms with Crippen LogP contribution in [-0.2, 0) is 14.8 Å². The van der Waals surface area contributed by atoms with E-state index in [9.17, 15) is 26.4 Å². The van der Waals surface area contributed by atoms with Gasteiger partial charge in [0.25, 0.3) is 10.0 Å². The van der Waals surface area contributed by atoms with E-state index in [0.29, 0.717) is 11.3 Å². The maximum Gasteiger partial charge on any atom is 0.389 e. The standard InChI is InChI=1S/C11H13ClF3NO4S2/c1-2-6(5-11(13,14)15)9(10(17)18)16-22(19,20)8-4-3-7(12)21-8/h3-4,6,9,16H,2,5H2,1H3,(H,17,18). The van der Waals surface area contributed by atoms with Gasteiger partial charge in [-0.1, -0.05) is 24.9 Å². The van der Waals surface area contributed by atoms with Gasteiger partial charge in [0.05, 0.1) is 4.34 Å². The van der Waals surface area contributed by atoms with Crippen LogP contribution in [0.5, 0.6) is 0 Å². The van der Waals surface area contributed by atoms with Crippen LogP contribution < -0.4 is 4.72 Å². The third-order valence-corrected chi connectivity index (χ3v) is 6.02. The largest absolute Gasteiger partial charge is 0.480 e. The SMILES string of the molecule is CCC(CC(F)(F)F)C(NS(=O)(=O)c1ccc(Cl)s1)C(=O)O. The lowest BCUT2D eigenvalue weighted by atomic mass is 9.94. The molecule has 0 aliphatic rings. The number of hydrogen-bond acceptors (Lipinski definition) is 4. The first-order valence-corrected chi connectivity index (χ1v) is 8.71. The highest BCUT2D eigenvalue weighted by molar-refractivity contribution is 7.91. The van der Waals surface area contributed by atoms with Crippen LogP contribution in [0.15, 0.2) is 16.3 Å². The Morgan fingerprint density at radius 2 is 2.05 bits per heavy atom. The third kappa shape index (κ3) is 5.41. The van der Waals surface area contributed by atoms with Crippen molar-refractivity contribution in [1.29, 1.82) is 0 Å². The number of carbonyl (C=O) groups is 1. The number of carboxylic acids is 1. The molecule has 1 aromatic heterocycles. The topological polar surface area (TPSA) is 83.5 Å². The van der Waals surface area contributed by atoms with Crippen LogP contribution >= 0.6 is 22.9 Å². The Bertz CT molecular complexity index is 630. The normalized spacial score (nSPS) is 15.5. The van der Waals surface area contributed by atoms with Crippen molar-refractivity contribution in [2.75, 3.05) is 0 Å². The van der Waals surface area contributed by atoms with E-state index in [4.69, 9.17) is 16.7 Å². The predicted octanol–water partition coefficient (Wildman–Crippen LogP) is 3.11. The van der Waals surface area contributed by atoms with E-state index in [-0.39, 0.29) is 15.0 Å². The smallest absolute Gasteiger partial charge is 0.389 e. The van der Waals surface area contributed by atoms with Crippen LogP contribution in [-0.4, -0.2) is 31.7 Å². The number of sulfonamides is 1. The predicted molar refractivity (Wildman–Crippen MR) is 75.5 cm³/mol. The molecule has 126 valence electrons. The van der Waals surface area contributed by atoms with E-state index in [0.717, 1.165) is 6.07 Å². The van der Waals surface area contributed by atoms with Crippen LogP contribution in [0, 0.1) is 5.92 Å². The molecule has 0 aliphatic heterocycles. The molecule has 11 heteroatoms. The molecule has 22 heavy (non-hydrogen) atoms. The Morgan fingerprint density at radius 1 is 1.45 bits per heavy atom. The van der Waals surface area contributed by atoms with E-state index in [2.05, 4.69) is 0 Å². The summed E-state index contributed by atoms with van der Waals surface area (Å²) >= 11 is 6.28. The monoisotopic (exact) mass is 379 g/mol. The molecule has 1 aromatic rings. The number of carboxylic acid groups (broad SMARTS) is 1. The summed E-state index contributed by atoms with van der Waals surface area (Å²) in [4.78, 5) is 11.2. The van der Waals surface area contributed by atoms with Crippen molar-refractivity contribution in [3.05, 3.63) is 16.5 Å². The Kier molecular flexibility index (Phi) is 6.25. The zero-order chi connectivity index (χ0) is 17.1. The van der Waals surface area contributed by atoms with E-state index < -0.39 is 40.5 Å². The zero-order valence-electron chi connectivity index (χ0n) is 11.2. The third-order valence-electron chi connectivity index (χ3n) is 2.85. The molecule has 0 bridgehead atoms. The lowest BCUT2D eigenvalue weighted by Crippen LogP contribution is -2.46. The van der Waals surface area contributed by atoms with Crippen molar-refractivity contribution in [3.8, 4) is 0 Å². The molecule has 1 rings (SSSR count). The number of alkyl halides is 3. The molecule has 2 unspecified atom stereocenters. The lowest BCUT2D eigenvalue weighted by Gasteiger charge is -2.24. The van der Waals surface area contributed by atoms with Crippen LogP contribution in [0.25, 0.3) is 0 Å². The number of halogens is 4. The maximum absolute atomic E-state index is 12.5. The molecule has 5 nitrogen and oxygen atoms in total. The van der Waals surface area contributed by atoms with Crippen LogP contribution in [0.1, 0.15) is 19.8 Å². The maximum atomic E-state index is 12.5. The van der Waals surface area contributed by atoms with Gasteiger partial charge < -0.3 is 5.11 Å². The van der Waals surface area contributed by atoms with Crippen molar-refractivity contribution in [2.24, 2.45) is 5.92 Å². The molecule has 0 aliphatic carbocycles. The fourth-order valence-electron chi connectivity index (χ4n) is 1.81. The number of thiophene rings is 1.